The first kappa shape index (κ1) is 20.8. The molecule has 0 unspecified atom stereocenters. The number of nitrogens with zero attached hydrogens (tertiary/aromatic N) is 2. The van der Waals surface area contributed by atoms with Crippen molar-refractivity contribution < 1.29 is 17.9 Å². The van der Waals surface area contributed by atoms with Gasteiger partial charge in [0.05, 0.1) is 11.0 Å². The van der Waals surface area contributed by atoms with Crippen LogP contribution in [0.3, 0.4) is 0 Å². The summed E-state index contributed by atoms with van der Waals surface area (Å²) in [6.07, 6.45) is 5.29. The molecule has 152 valence electrons. The van der Waals surface area contributed by atoms with Crippen LogP contribution in [0, 0.1) is 0 Å². The van der Waals surface area contributed by atoms with Gasteiger partial charge in [-0.05, 0) is 31.0 Å². The second-order valence-corrected chi connectivity index (χ2v) is 9.27. The van der Waals surface area contributed by atoms with Gasteiger partial charge in [-0.25, -0.2) is 18.1 Å². The van der Waals surface area contributed by atoms with E-state index in [0.29, 0.717) is 24.5 Å². The Morgan fingerprint density at radius 2 is 2.29 bits per heavy atom. The lowest BCUT2D eigenvalue weighted by molar-refractivity contribution is 0.0956. The van der Waals surface area contributed by atoms with Crippen LogP contribution in [0.4, 0.5) is 0 Å². The molecule has 28 heavy (non-hydrogen) atoms. The maximum atomic E-state index is 12.5. The second kappa shape index (κ2) is 9.55. The Kier molecular flexibility index (Phi) is 7.11. The van der Waals surface area contributed by atoms with E-state index < -0.39 is 10.0 Å². The third kappa shape index (κ3) is 5.57. The molecule has 0 saturated carbocycles. The number of hydrogen-bond acceptors (Lipinski definition) is 6. The van der Waals surface area contributed by atoms with Crippen LogP contribution in [-0.4, -0.2) is 55.4 Å². The first-order chi connectivity index (χ1) is 13.5. The molecule has 1 aliphatic rings. The molecule has 0 radical (unpaired) electrons. The molecule has 2 N–H and O–H groups in total. The van der Waals surface area contributed by atoms with Gasteiger partial charge >= 0.3 is 0 Å². The molecule has 1 aromatic heterocycles. The average molecular weight is 425 g/mol. The van der Waals surface area contributed by atoms with E-state index >= 15 is 0 Å². The molecule has 0 spiro atoms. The van der Waals surface area contributed by atoms with Crippen molar-refractivity contribution in [2.24, 2.45) is 7.05 Å². The van der Waals surface area contributed by atoms with E-state index in [1.807, 2.05) is 17.8 Å². The molecule has 2 heterocycles. The second-order valence-electron chi connectivity index (χ2n) is 6.44. The molecule has 1 aromatic carbocycles. The summed E-state index contributed by atoms with van der Waals surface area (Å²) in [7, 11) is -1.78. The zero-order valence-corrected chi connectivity index (χ0v) is 17.3. The first-order valence-corrected chi connectivity index (χ1v) is 11.5. The first-order valence-electron chi connectivity index (χ1n) is 9.05. The largest absolute Gasteiger partial charge is 0.377 e. The number of ether oxygens (including phenoxy) is 1. The van der Waals surface area contributed by atoms with E-state index in [1.165, 1.54) is 23.9 Å². The van der Waals surface area contributed by atoms with Gasteiger partial charge in [0.15, 0.2) is 5.16 Å². The van der Waals surface area contributed by atoms with Crippen LogP contribution < -0.4 is 10.0 Å². The third-order valence-corrected chi connectivity index (χ3v) is 6.81. The smallest absolute Gasteiger partial charge is 0.251 e. The van der Waals surface area contributed by atoms with Crippen LogP contribution in [0.15, 0.2) is 46.7 Å². The van der Waals surface area contributed by atoms with E-state index in [-0.39, 0.29) is 23.5 Å². The lowest BCUT2D eigenvalue weighted by atomic mass is 10.2. The Bertz CT molecular complexity index is 908. The van der Waals surface area contributed by atoms with Gasteiger partial charge in [0.1, 0.15) is 0 Å². The van der Waals surface area contributed by atoms with Gasteiger partial charge in [-0.15, -0.1) is 0 Å². The van der Waals surface area contributed by atoms with Gasteiger partial charge in [-0.3, -0.25) is 4.79 Å². The number of aryl methyl sites for hydroxylation is 1. The maximum absolute atomic E-state index is 12.5. The number of benzene rings is 1. The van der Waals surface area contributed by atoms with Crippen molar-refractivity contribution in [3.05, 3.63) is 42.2 Å². The molecule has 8 nitrogen and oxygen atoms in total. The molecule has 1 fully saturated rings. The Balaban J connectivity index is 1.52. The lowest BCUT2D eigenvalue weighted by Gasteiger charge is -2.12. The predicted molar refractivity (Wildman–Crippen MR) is 107 cm³/mol. The molecule has 1 amide bonds. The number of nitrogens with one attached hydrogen (secondary N) is 2. The number of aromatic nitrogens is 2. The highest BCUT2D eigenvalue weighted by atomic mass is 32.2. The van der Waals surface area contributed by atoms with Crippen LogP contribution in [0.25, 0.3) is 0 Å². The van der Waals surface area contributed by atoms with Crippen LogP contribution in [0.5, 0.6) is 0 Å². The Labute approximate surface area is 169 Å². The summed E-state index contributed by atoms with van der Waals surface area (Å²) < 4.78 is 34.9. The highest BCUT2D eigenvalue weighted by Crippen LogP contribution is 2.15. The van der Waals surface area contributed by atoms with Crippen molar-refractivity contribution in [3.8, 4) is 0 Å². The minimum atomic E-state index is -3.69. The number of thioether (sulfide) groups is 1. The SMILES string of the molecule is Cn1ccnc1SCCNC(=O)c1cccc(S(=O)(=O)NC[C@H]2CCCO2)c1. The monoisotopic (exact) mass is 424 g/mol. The molecular weight excluding hydrogens is 400 g/mol. The number of hydrogen-bond donors (Lipinski definition) is 2. The highest BCUT2D eigenvalue weighted by molar-refractivity contribution is 7.99. The summed E-state index contributed by atoms with van der Waals surface area (Å²) in [6.45, 7) is 1.36. The van der Waals surface area contributed by atoms with Gasteiger partial charge in [-0.2, -0.15) is 0 Å². The summed E-state index contributed by atoms with van der Waals surface area (Å²) in [5.41, 5.74) is 0.307. The molecule has 1 atom stereocenters. The molecule has 0 aliphatic carbocycles. The van der Waals surface area contributed by atoms with Crippen molar-refractivity contribution in [1.29, 1.82) is 0 Å². The van der Waals surface area contributed by atoms with Crippen LogP contribution in [0.2, 0.25) is 0 Å². The minimum Gasteiger partial charge on any atom is -0.377 e. The van der Waals surface area contributed by atoms with Gasteiger partial charge in [0, 0.05) is 50.5 Å². The fourth-order valence-corrected chi connectivity index (χ4v) is 4.69. The van der Waals surface area contributed by atoms with Gasteiger partial charge < -0.3 is 14.6 Å². The molecule has 2 aromatic rings. The topological polar surface area (TPSA) is 102 Å². The minimum absolute atomic E-state index is 0.0699. The molecular formula is C18H24N4O4S2. The van der Waals surface area contributed by atoms with Crippen molar-refractivity contribution in [2.75, 3.05) is 25.4 Å². The van der Waals surface area contributed by atoms with E-state index in [0.717, 1.165) is 18.0 Å². The summed E-state index contributed by atoms with van der Waals surface area (Å²) in [4.78, 5) is 16.6. The summed E-state index contributed by atoms with van der Waals surface area (Å²) >= 11 is 1.54. The van der Waals surface area contributed by atoms with E-state index in [1.54, 1.807) is 18.3 Å². The Morgan fingerprint density at radius 3 is 3.00 bits per heavy atom. The van der Waals surface area contributed by atoms with E-state index in [2.05, 4.69) is 15.0 Å². The highest BCUT2D eigenvalue weighted by Gasteiger charge is 2.21. The van der Waals surface area contributed by atoms with Crippen LogP contribution >= 0.6 is 11.8 Å². The van der Waals surface area contributed by atoms with Crippen molar-refractivity contribution in [2.45, 2.75) is 29.0 Å². The number of sulfonamides is 1. The van der Waals surface area contributed by atoms with E-state index in [4.69, 9.17) is 4.74 Å². The van der Waals surface area contributed by atoms with Gasteiger partial charge in [-0.1, -0.05) is 17.8 Å². The normalized spacial score (nSPS) is 17.0. The maximum Gasteiger partial charge on any atom is 0.251 e. The fourth-order valence-electron chi connectivity index (χ4n) is 2.80. The average Bonchev–Trinajstić information content (AvgIpc) is 3.35. The van der Waals surface area contributed by atoms with E-state index in [9.17, 15) is 13.2 Å². The molecule has 1 saturated heterocycles. The molecule has 10 heteroatoms. The molecule has 3 rings (SSSR count). The zero-order chi connectivity index (χ0) is 20.0. The third-order valence-electron chi connectivity index (χ3n) is 4.33. The lowest BCUT2D eigenvalue weighted by Crippen LogP contribution is -2.32. The van der Waals surface area contributed by atoms with Gasteiger partial charge in [0.2, 0.25) is 10.0 Å². The quantitative estimate of drug-likeness (QED) is 0.466. The number of imidazole rings is 1. The van der Waals surface area contributed by atoms with Crippen molar-refractivity contribution in [1.82, 2.24) is 19.6 Å². The van der Waals surface area contributed by atoms with Crippen LogP contribution in [0.1, 0.15) is 23.2 Å². The number of carbonyl (C=O) groups excluding carboxylic acids is 1. The number of amides is 1. The standard InChI is InChI=1S/C18H24N4O4S2/c1-22-9-7-20-18(22)27-11-8-19-17(23)14-4-2-6-16(12-14)28(24,25)21-13-15-5-3-10-26-15/h2,4,6-7,9,12,15,21H,3,5,8,10-11,13H2,1H3,(H,19,23)/t15-/m1/s1. The van der Waals surface area contributed by atoms with Crippen molar-refractivity contribution in [3.63, 3.8) is 0 Å². The van der Waals surface area contributed by atoms with Crippen molar-refractivity contribution >= 4 is 27.7 Å². The fraction of sp³-hybridized carbons (Fsp3) is 0.444. The predicted octanol–water partition coefficient (Wildman–Crippen LogP) is 1.40. The summed E-state index contributed by atoms with van der Waals surface area (Å²) in [5, 5.41) is 3.68. The number of rotatable bonds is 9. The Morgan fingerprint density at radius 1 is 1.43 bits per heavy atom. The zero-order valence-electron chi connectivity index (χ0n) is 15.6. The molecule has 0 bridgehead atoms. The molecule has 1 aliphatic heterocycles. The Hall–Kier alpha value is -1.88. The summed E-state index contributed by atoms with van der Waals surface area (Å²) in [6, 6.07) is 6.03. The summed E-state index contributed by atoms with van der Waals surface area (Å²) in [5.74, 6) is 0.356. The van der Waals surface area contributed by atoms with Crippen LogP contribution in [-0.2, 0) is 21.8 Å². The number of carbonyl (C=O) groups is 1. The van der Waals surface area contributed by atoms with Gasteiger partial charge in [0.25, 0.3) is 5.91 Å².